The van der Waals surface area contributed by atoms with Gasteiger partial charge in [0.1, 0.15) is 24.2 Å². The van der Waals surface area contributed by atoms with Gasteiger partial charge in [-0.15, -0.1) is 0 Å². The topological polar surface area (TPSA) is 99.1 Å². The number of benzene rings is 2. The van der Waals surface area contributed by atoms with Crippen LogP contribution in [0.15, 0.2) is 53.4 Å². The van der Waals surface area contributed by atoms with E-state index in [1.54, 1.807) is 28.6 Å². The fourth-order valence-electron chi connectivity index (χ4n) is 3.88. The number of nitrogens with one attached hydrogen (secondary N) is 1. The summed E-state index contributed by atoms with van der Waals surface area (Å²) in [6.07, 6.45) is 0.911. The second kappa shape index (κ2) is 10.9. The molecule has 0 bridgehead atoms. The molecule has 3 N–H and O–H groups in total. The van der Waals surface area contributed by atoms with E-state index >= 15 is 0 Å². The minimum absolute atomic E-state index is 0.0150. The smallest absolute Gasteiger partial charge is 0.243 e. The Hall–Kier alpha value is -2.13. The van der Waals surface area contributed by atoms with Crippen molar-refractivity contribution < 1.29 is 23.4 Å². The highest BCUT2D eigenvalue weighted by Crippen LogP contribution is 2.27. The molecule has 2 aromatic rings. The molecule has 1 saturated heterocycles. The van der Waals surface area contributed by atoms with Crippen LogP contribution in [0.2, 0.25) is 0 Å². The lowest BCUT2D eigenvalue weighted by molar-refractivity contribution is 0.104. The van der Waals surface area contributed by atoms with Crippen molar-refractivity contribution in [3.63, 3.8) is 0 Å². The molecular formula is C25H36N2O5S. The van der Waals surface area contributed by atoms with Gasteiger partial charge in [-0.05, 0) is 72.7 Å². The maximum Gasteiger partial charge on any atom is 0.243 e. The predicted molar refractivity (Wildman–Crippen MR) is 129 cm³/mol. The van der Waals surface area contributed by atoms with Crippen molar-refractivity contribution in [2.24, 2.45) is 5.92 Å². The first-order valence-corrected chi connectivity index (χ1v) is 12.9. The maximum absolute atomic E-state index is 13.0. The average Bonchev–Trinajstić information content (AvgIpc) is 2.78. The van der Waals surface area contributed by atoms with Crippen LogP contribution in [0, 0.1) is 5.92 Å². The summed E-state index contributed by atoms with van der Waals surface area (Å²) < 4.78 is 33.1. The van der Waals surface area contributed by atoms with Gasteiger partial charge in [0.25, 0.3) is 0 Å². The second-order valence-corrected chi connectivity index (χ2v) is 11.7. The number of phenols is 1. The second-order valence-electron chi connectivity index (χ2n) is 9.74. The molecule has 0 amide bonds. The molecule has 3 rings (SSSR count). The highest BCUT2D eigenvalue weighted by molar-refractivity contribution is 7.89. The molecule has 1 aliphatic heterocycles. The van der Waals surface area contributed by atoms with Crippen LogP contribution in [0.3, 0.4) is 0 Å². The Morgan fingerprint density at radius 1 is 1.06 bits per heavy atom. The lowest BCUT2D eigenvalue weighted by Crippen LogP contribution is -2.42. The maximum atomic E-state index is 13.0. The fourth-order valence-corrected chi connectivity index (χ4v) is 5.35. The third kappa shape index (κ3) is 7.17. The van der Waals surface area contributed by atoms with E-state index < -0.39 is 16.1 Å². The molecule has 0 aliphatic carbocycles. The van der Waals surface area contributed by atoms with E-state index in [1.807, 2.05) is 12.1 Å². The first-order chi connectivity index (χ1) is 15.6. The molecule has 0 radical (unpaired) electrons. The number of hydrogen-bond acceptors (Lipinski definition) is 6. The molecule has 8 heteroatoms. The normalized spacial score (nSPS) is 17.1. The predicted octanol–water partition coefficient (Wildman–Crippen LogP) is 3.12. The van der Waals surface area contributed by atoms with Crippen LogP contribution in [0.25, 0.3) is 0 Å². The number of rotatable bonds is 9. The Morgan fingerprint density at radius 3 is 2.24 bits per heavy atom. The highest BCUT2D eigenvalue weighted by atomic mass is 32.2. The van der Waals surface area contributed by atoms with E-state index in [-0.39, 0.29) is 17.8 Å². The van der Waals surface area contributed by atoms with Crippen molar-refractivity contribution in [2.45, 2.75) is 50.0 Å². The lowest BCUT2D eigenvalue weighted by Gasteiger charge is -2.31. The third-order valence-electron chi connectivity index (χ3n) is 6.02. The Balaban J connectivity index is 1.39. The largest absolute Gasteiger partial charge is 0.508 e. The van der Waals surface area contributed by atoms with Gasteiger partial charge < -0.3 is 20.3 Å². The van der Waals surface area contributed by atoms with Gasteiger partial charge in [-0.2, -0.15) is 4.31 Å². The van der Waals surface area contributed by atoms with Crippen LogP contribution >= 0.6 is 0 Å². The van der Waals surface area contributed by atoms with Gasteiger partial charge in [0, 0.05) is 19.6 Å². The molecule has 0 saturated carbocycles. The standard InChI is InChI=1S/C25H36N2O5S/c1-25(2,3)20-4-10-24(11-5-20)33(30,31)27-14-12-19(13-15-27)16-26-17-22(29)18-32-23-8-6-21(28)7-9-23/h4-11,19,22,26,28-29H,12-18H2,1-3H3/t22-/m1/s1. The number of ether oxygens (including phenoxy) is 1. The van der Waals surface area contributed by atoms with E-state index in [9.17, 15) is 18.6 Å². The summed E-state index contributed by atoms with van der Waals surface area (Å²) in [5, 5.41) is 22.7. The van der Waals surface area contributed by atoms with Gasteiger partial charge in [0.05, 0.1) is 4.90 Å². The molecule has 1 fully saturated rings. The van der Waals surface area contributed by atoms with Crippen LogP contribution in [0.5, 0.6) is 11.5 Å². The summed E-state index contributed by atoms with van der Waals surface area (Å²) in [6.45, 7) is 8.61. The third-order valence-corrected chi connectivity index (χ3v) is 7.94. The summed E-state index contributed by atoms with van der Waals surface area (Å²) in [5.74, 6) is 1.13. The Kier molecular flexibility index (Phi) is 8.39. The molecule has 0 unspecified atom stereocenters. The van der Waals surface area contributed by atoms with Crippen molar-refractivity contribution in [2.75, 3.05) is 32.8 Å². The minimum Gasteiger partial charge on any atom is -0.508 e. The average molecular weight is 477 g/mol. The van der Waals surface area contributed by atoms with Crippen LogP contribution in [-0.4, -0.2) is 61.8 Å². The summed E-state index contributed by atoms with van der Waals surface area (Å²) in [7, 11) is -3.48. The van der Waals surface area contributed by atoms with Crippen molar-refractivity contribution in [3.05, 3.63) is 54.1 Å². The Bertz CT molecular complexity index is 977. The zero-order valence-electron chi connectivity index (χ0n) is 19.7. The number of aliphatic hydroxyl groups is 1. The first kappa shape index (κ1) is 25.5. The SMILES string of the molecule is CC(C)(C)c1ccc(S(=O)(=O)N2CCC(CNC[C@@H](O)COc3ccc(O)cc3)CC2)cc1. The minimum atomic E-state index is -3.48. The van der Waals surface area contributed by atoms with E-state index in [4.69, 9.17) is 4.74 Å². The molecule has 1 aliphatic rings. The van der Waals surface area contributed by atoms with E-state index in [0.717, 1.165) is 24.9 Å². The quantitative estimate of drug-likeness (QED) is 0.514. The number of aliphatic hydroxyl groups excluding tert-OH is 1. The molecule has 0 spiro atoms. The number of sulfonamides is 1. The zero-order chi connectivity index (χ0) is 24.1. The number of aromatic hydroxyl groups is 1. The number of piperidine rings is 1. The van der Waals surface area contributed by atoms with Crippen molar-refractivity contribution in [1.29, 1.82) is 0 Å². The van der Waals surface area contributed by atoms with E-state index in [1.165, 1.54) is 12.1 Å². The van der Waals surface area contributed by atoms with Gasteiger partial charge >= 0.3 is 0 Å². The summed E-state index contributed by atoms with van der Waals surface area (Å²) in [6, 6.07) is 13.6. The van der Waals surface area contributed by atoms with Crippen molar-refractivity contribution in [3.8, 4) is 11.5 Å². The fraction of sp³-hybridized carbons (Fsp3) is 0.520. The number of nitrogens with zero attached hydrogens (tertiary/aromatic N) is 1. The van der Waals surface area contributed by atoms with E-state index in [0.29, 0.717) is 36.2 Å². The van der Waals surface area contributed by atoms with E-state index in [2.05, 4.69) is 26.1 Å². The monoisotopic (exact) mass is 476 g/mol. The lowest BCUT2D eigenvalue weighted by atomic mass is 9.87. The zero-order valence-corrected chi connectivity index (χ0v) is 20.5. The summed E-state index contributed by atoms with van der Waals surface area (Å²) in [5.41, 5.74) is 1.10. The van der Waals surface area contributed by atoms with Crippen molar-refractivity contribution >= 4 is 10.0 Å². The van der Waals surface area contributed by atoms with Gasteiger partial charge in [0.2, 0.25) is 10.0 Å². The van der Waals surface area contributed by atoms with Gasteiger partial charge in [0.15, 0.2) is 0 Å². The highest BCUT2D eigenvalue weighted by Gasteiger charge is 2.29. The molecule has 1 atom stereocenters. The van der Waals surface area contributed by atoms with Crippen LogP contribution in [0.1, 0.15) is 39.2 Å². The van der Waals surface area contributed by atoms with Crippen molar-refractivity contribution in [1.82, 2.24) is 9.62 Å². The molecule has 7 nitrogen and oxygen atoms in total. The van der Waals surface area contributed by atoms with Crippen LogP contribution in [0.4, 0.5) is 0 Å². The van der Waals surface area contributed by atoms with Gasteiger partial charge in [-0.25, -0.2) is 8.42 Å². The summed E-state index contributed by atoms with van der Waals surface area (Å²) in [4.78, 5) is 0.351. The first-order valence-electron chi connectivity index (χ1n) is 11.5. The Labute approximate surface area is 197 Å². The molecular weight excluding hydrogens is 440 g/mol. The van der Waals surface area contributed by atoms with Gasteiger partial charge in [-0.3, -0.25) is 0 Å². The molecule has 2 aromatic carbocycles. The molecule has 33 heavy (non-hydrogen) atoms. The number of hydrogen-bond donors (Lipinski definition) is 3. The van der Waals surface area contributed by atoms with Gasteiger partial charge in [-0.1, -0.05) is 32.9 Å². The molecule has 182 valence electrons. The van der Waals surface area contributed by atoms with Crippen LogP contribution in [-0.2, 0) is 15.4 Å². The number of phenolic OH excluding ortho intramolecular Hbond substituents is 1. The van der Waals surface area contributed by atoms with Crippen LogP contribution < -0.4 is 10.1 Å². The molecule has 1 heterocycles. The Morgan fingerprint density at radius 2 is 1.67 bits per heavy atom. The molecule has 0 aromatic heterocycles. The summed E-state index contributed by atoms with van der Waals surface area (Å²) >= 11 is 0.